The van der Waals surface area contributed by atoms with Gasteiger partial charge in [-0.3, -0.25) is 4.98 Å². The van der Waals surface area contributed by atoms with E-state index in [0.717, 1.165) is 18.5 Å². The molecule has 0 radical (unpaired) electrons. The minimum absolute atomic E-state index is 0.229. The molecule has 1 saturated heterocycles. The van der Waals surface area contributed by atoms with Crippen molar-refractivity contribution < 1.29 is 13.2 Å². The van der Waals surface area contributed by atoms with Crippen LogP contribution in [-0.2, 0) is 16.6 Å². The van der Waals surface area contributed by atoms with Crippen LogP contribution in [0.4, 0.5) is 0 Å². The van der Waals surface area contributed by atoms with Crippen LogP contribution in [-0.4, -0.2) is 43.7 Å². The maximum Gasteiger partial charge on any atom is 0.211 e. The Morgan fingerprint density at radius 3 is 2.90 bits per heavy atom. The van der Waals surface area contributed by atoms with Crippen molar-refractivity contribution in [1.82, 2.24) is 9.29 Å². The normalized spacial score (nSPS) is 20.8. The molecule has 1 aliphatic rings. The summed E-state index contributed by atoms with van der Waals surface area (Å²) in [7, 11) is -3.10. The predicted molar refractivity (Wildman–Crippen MR) is 76.8 cm³/mol. The van der Waals surface area contributed by atoms with Gasteiger partial charge in [-0.15, -0.1) is 0 Å². The van der Waals surface area contributed by atoms with Crippen LogP contribution in [0.25, 0.3) is 0 Å². The number of hydrogen-bond acceptors (Lipinski definition) is 5. The predicted octanol–water partition coefficient (Wildman–Crippen LogP) is 0.591. The summed E-state index contributed by atoms with van der Waals surface area (Å²) in [5.41, 5.74) is 6.30. The van der Waals surface area contributed by atoms with Gasteiger partial charge in [-0.25, -0.2) is 12.7 Å². The average Bonchev–Trinajstić information content (AvgIpc) is 2.45. The van der Waals surface area contributed by atoms with Gasteiger partial charge in [0, 0.05) is 25.6 Å². The van der Waals surface area contributed by atoms with Crippen LogP contribution in [0.1, 0.15) is 18.5 Å². The second-order valence-corrected chi connectivity index (χ2v) is 7.11. The van der Waals surface area contributed by atoms with E-state index in [1.54, 1.807) is 6.20 Å². The van der Waals surface area contributed by atoms with E-state index in [4.69, 9.17) is 10.5 Å². The number of piperidine rings is 1. The van der Waals surface area contributed by atoms with Crippen molar-refractivity contribution in [2.75, 3.05) is 26.0 Å². The highest BCUT2D eigenvalue weighted by molar-refractivity contribution is 7.88. The summed E-state index contributed by atoms with van der Waals surface area (Å²) in [5.74, 6) is 0.923. The summed E-state index contributed by atoms with van der Waals surface area (Å²) in [6.07, 6.45) is 4.77. The molecule has 0 aromatic carbocycles. The molecule has 20 heavy (non-hydrogen) atoms. The number of nitrogens with zero attached hydrogens (tertiary/aromatic N) is 2. The summed E-state index contributed by atoms with van der Waals surface area (Å²) < 4.78 is 30.3. The molecule has 112 valence electrons. The zero-order chi connectivity index (χ0) is 14.6. The van der Waals surface area contributed by atoms with Gasteiger partial charge in [0.25, 0.3) is 0 Å². The Balaban J connectivity index is 1.87. The van der Waals surface area contributed by atoms with E-state index < -0.39 is 10.0 Å². The van der Waals surface area contributed by atoms with Gasteiger partial charge in [-0.2, -0.15) is 0 Å². The van der Waals surface area contributed by atoms with Crippen molar-refractivity contribution in [1.29, 1.82) is 0 Å². The van der Waals surface area contributed by atoms with Crippen molar-refractivity contribution in [2.24, 2.45) is 11.7 Å². The van der Waals surface area contributed by atoms with Gasteiger partial charge in [-0.05, 0) is 25.0 Å². The molecule has 1 unspecified atom stereocenters. The number of sulfonamides is 1. The molecule has 1 aromatic rings. The number of nitrogens with two attached hydrogens (primary N) is 1. The van der Waals surface area contributed by atoms with E-state index in [1.165, 1.54) is 10.6 Å². The Labute approximate surface area is 120 Å². The Morgan fingerprint density at radius 1 is 1.50 bits per heavy atom. The summed E-state index contributed by atoms with van der Waals surface area (Å²) in [6, 6.07) is 3.67. The van der Waals surface area contributed by atoms with Crippen LogP contribution in [0.5, 0.6) is 5.75 Å². The first kappa shape index (κ1) is 15.2. The monoisotopic (exact) mass is 299 g/mol. The molecule has 1 atom stereocenters. The van der Waals surface area contributed by atoms with Gasteiger partial charge in [0.15, 0.2) is 0 Å². The van der Waals surface area contributed by atoms with Crippen molar-refractivity contribution in [3.8, 4) is 5.75 Å². The first-order valence-corrected chi connectivity index (χ1v) is 8.57. The zero-order valence-electron chi connectivity index (χ0n) is 11.7. The topological polar surface area (TPSA) is 85.5 Å². The first-order chi connectivity index (χ1) is 9.49. The molecular formula is C13H21N3O3S. The minimum atomic E-state index is -3.10. The lowest BCUT2D eigenvalue weighted by Crippen LogP contribution is -2.40. The average molecular weight is 299 g/mol. The SMILES string of the molecule is CS(=O)(=O)N1CCCC(COc2ccc(CN)nc2)C1. The molecule has 0 spiro atoms. The van der Waals surface area contributed by atoms with Crippen molar-refractivity contribution >= 4 is 10.0 Å². The second-order valence-electron chi connectivity index (χ2n) is 5.13. The fourth-order valence-electron chi connectivity index (χ4n) is 2.30. The maximum absolute atomic E-state index is 11.5. The van der Waals surface area contributed by atoms with E-state index in [2.05, 4.69) is 4.98 Å². The van der Waals surface area contributed by atoms with Gasteiger partial charge in [0.05, 0.1) is 24.8 Å². The molecule has 1 fully saturated rings. The molecule has 1 aliphatic heterocycles. The Bertz CT molecular complexity index is 530. The van der Waals surface area contributed by atoms with Gasteiger partial charge < -0.3 is 10.5 Å². The summed E-state index contributed by atoms with van der Waals surface area (Å²) >= 11 is 0. The standard InChI is InChI=1S/C13H21N3O3S/c1-20(17,18)16-6-2-3-11(9-16)10-19-13-5-4-12(7-14)15-8-13/h4-5,8,11H,2-3,6-7,9-10,14H2,1H3. The van der Waals surface area contributed by atoms with Crippen LogP contribution in [0.15, 0.2) is 18.3 Å². The van der Waals surface area contributed by atoms with Gasteiger partial charge in [0.1, 0.15) is 5.75 Å². The van der Waals surface area contributed by atoms with Crippen molar-refractivity contribution in [3.63, 3.8) is 0 Å². The molecule has 1 aromatic heterocycles. The molecule has 0 saturated carbocycles. The largest absolute Gasteiger partial charge is 0.492 e. The molecule has 7 heteroatoms. The van der Waals surface area contributed by atoms with Crippen LogP contribution < -0.4 is 10.5 Å². The van der Waals surface area contributed by atoms with Crippen LogP contribution in [0.3, 0.4) is 0 Å². The lowest BCUT2D eigenvalue weighted by Gasteiger charge is -2.30. The molecule has 0 bridgehead atoms. The highest BCUT2D eigenvalue weighted by Crippen LogP contribution is 2.20. The van der Waals surface area contributed by atoms with Crippen LogP contribution in [0, 0.1) is 5.92 Å². The molecule has 2 heterocycles. The van der Waals surface area contributed by atoms with Crippen molar-refractivity contribution in [3.05, 3.63) is 24.0 Å². The summed E-state index contributed by atoms with van der Waals surface area (Å²) in [4.78, 5) is 4.16. The second kappa shape index (κ2) is 6.51. The quantitative estimate of drug-likeness (QED) is 0.860. The Morgan fingerprint density at radius 2 is 2.30 bits per heavy atom. The highest BCUT2D eigenvalue weighted by Gasteiger charge is 2.26. The zero-order valence-corrected chi connectivity index (χ0v) is 12.5. The van der Waals surface area contributed by atoms with Gasteiger partial charge >= 0.3 is 0 Å². The molecule has 2 rings (SSSR count). The van der Waals surface area contributed by atoms with E-state index in [1.807, 2.05) is 12.1 Å². The van der Waals surface area contributed by atoms with Crippen LogP contribution in [0.2, 0.25) is 0 Å². The van der Waals surface area contributed by atoms with E-state index in [9.17, 15) is 8.42 Å². The Kier molecular flexibility index (Phi) is 4.95. The van der Waals surface area contributed by atoms with E-state index in [-0.39, 0.29) is 5.92 Å². The highest BCUT2D eigenvalue weighted by atomic mass is 32.2. The third-order valence-electron chi connectivity index (χ3n) is 3.44. The van der Waals surface area contributed by atoms with E-state index in [0.29, 0.717) is 32.0 Å². The molecule has 0 aliphatic carbocycles. The first-order valence-electron chi connectivity index (χ1n) is 6.72. The third-order valence-corrected chi connectivity index (χ3v) is 4.71. The Hall–Kier alpha value is -1.18. The third kappa shape index (κ3) is 4.16. The van der Waals surface area contributed by atoms with Crippen molar-refractivity contribution in [2.45, 2.75) is 19.4 Å². The summed E-state index contributed by atoms with van der Waals surface area (Å²) in [6.45, 7) is 2.07. The summed E-state index contributed by atoms with van der Waals surface area (Å²) in [5, 5.41) is 0. The number of rotatable bonds is 5. The lowest BCUT2D eigenvalue weighted by atomic mass is 10.0. The van der Waals surface area contributed by atoms with Crippen LogP contribution >= 0.6 is 0 Å². The molecular weight excluding hydrogens is 278 g/mol. The van der Waals surface area contributed by atoms with E-state index >= 15 is 0 Å². The lowest BCUT2D eigenvalue weighted by molar-refractivity contribution is 0.180. The fraction of sp³-hybridized carbons (Fsp3) is 0.615. The molecule has 6 nitrogen and oxygen atoms in total. The van der Waals surface area contributed by atoms with Gasteiger partial charge in [0.2, 0.25) is 10.0 Å². The fourth-order valence-corrected chi connectivity index (χ4v) is 3.24. The number of aromatic nitrogens is 1. The number of pyridine rings is 1. The number of hydrogen-bond donors (Lipinski definition) is 1. The maximum atomic E-state index is 11.5. The molecule has 0 amide bonds. The van der Waals surface area contributed by atoms with Gasteiger partial charge in [-0.1, -0.05) is 0 Å². The number of ether oxygens (including phenoxy) is 1. The minimum Gasteiger partial charge on any atom is -0.492 e. The molecule has 2 N–H and O–H groups in total. The smallest absolute Gasteiger partial charge is 0.211 e.